The summed E-state index contributed by atoms with van der Waals surface area (Å²) >= 11 is 0. The van der Waals surface area contributed by atoms with E-state index in [1.165, 1.54) is 0 Å². The Kier molecular flexibility index (Phi) is 10.4. The summed E-state index contributed by atoms with van der Waals surface area (Å²) in [4.78, 5) is 28.8. The Bertz CT molecular complexity index is 557. The zero-order valence-electron chi connectivity index (χ0n) is 16.6. The van der Waals surface area contributed by atoms with Crippen LogP contribution in [0.5, 0.6) is 5.75 Å². The van der Waals surface area contributed by atoms with Crippen LogP contribution in [0.15, 0.2) is 24.3 Å². The van der Waals surface area contributed by atoms with Crippen molar-refractivity contribution in [2.75, 3.05) is 45.2 Å². The van der Waals surface area contributed by atoms with Gasteiger partial charge >= 0.3 is 0 Å². The first-order chi connectivity index (χ1) is 12.5. The van der Waals surface area contributed by atoms with Crippen LogP contribution in [0.25, 0.3) is 0 Å². The van der Waals surface area contributed by atoms with Gasteiger partial charge in [0.15, 0.2) is 0 Å². The number of carbonyl (C=O) groups excluding carboxylic acids is 2. The normalized spacial score (nSPS) is 10.7. The highest BCUT2D eigenvalue weighted by molar-refractivity contribution is 5.94. The molecule has 0 heterocycles. The van der Waals surface area contributed by atoms with E-state index >= 15 is 0 Å². The highest BCUT2D eigenvalue weighted by Crippen LogP contribution is 2.22. The lowest BCUT2D eigenvalue weighted by molar-refractivity contribution is -0.133. The average molecular weight is 364 g/mol. The van der Waals surface area contributed by atoms with E-state index in [1.807, 2.05) is 28.9 Å². The number of methoxy groups -OCH3 is 1. The van der Waals surface area contributed by atoms with Gasteiger partial charge in [0, 0.05) is 13.1 Å². The molecule has 0 aromatic heterocycles. The molecule has 6 nitrogen and oxygen atoms in total. The number of nitrogens with zero attached hydrogens (tertiary/aromatic N) is 2. The molecule has 0 unspecified atom stereocenters. The third-order valence-corrected chi connectivity index (χ3v) is 3.99. The van der Waals surface area contributed by atoms with Crippen molar-refractivity contribution in [1.82, 2.24) is 9.80 Å². The molecule has 0 aliphatic heterocycles. The zero-order valence-corrected chi connectivity index (χ0v) is 16.6. The van der Waals surface area contributed by atoms with E-state index in [0.717, 1.165) is 32.4 Å². The number of rotatable bonds is 12. The Morgan fingerprint density at radius 2 is 1.58 bits per heavy atom. The standard InChI is InChI=1S/C20H33N3O3/c1-5-12-22(16-20(25)23(13-6-2)14-7-3)15-19(24)21-17-10-8-9-11-18(17)26-4/h8-11H,5-7,12-16H2,1-4H3,(H,21,24). The summed E-state index contributed by atoms with van der Waals surface area (Å²) in [6, 6.07) is 7.30. The van der Waals surface area contributed by atoms with Gasteiger partial charge in [-0.05, 0) is 37.9 Å². The summed E-state index contributed by atoms with van der Waals surface area (Å²) in [5, 5.41) is 2.87. The van der Waals surface area contributed by atoms with Gasteiger partial charge in [0.2, 0.25) is 11.8 Å². The van der Waals surface area contributed by atoms with Crippen LogP contribution in [0.1, 0.15) is 40.0 Å². The molecule has 0 aliphatic rings. The lowest BCUT2D eigenvalue weighted by Gasteiger charge is -2.26. The molecule has 0 aliphatic carbocycles. The Hall–Kier alpha value is -2.08. The highest BCUT2D eigenvalue weighted by atomic mass is 16.5. The fraction of sp³-hybridized carbons (Fsp3) is 0.600. The van der Waals surface area contributed by atoms with Crippen LogP contribution in [0.3, 0.4) is 0 Å². The van der Waals surface area contributed by atoms with Gasteiger partial charge in [0.25, 0.3) is 0 Å². The molecule has 0 radical (unpaired) electrons. The molecule has 0 atom stereocenters. The lowest BCUT2D eigenvalue weighted by atomic mass is 10.3. The van der Waals surface area contributed by atoms with E-state index in [0.29, 0.717) is 18.0 Å². The van der Waals surface area contributed by atoms with Crippen molar-refractivity contribution < 1.29 is 14.3 Å². The SMILES string of the molecule is CCCN(CC(=O)Nc1ccccc1OC)CC(=O)N(CCC)CCC. The molecule has 0 fully saturated rings. The number of benzene rings is 1. The molecular weight excluding hydrogens is 330 g/mol. The molecule has 1 aromatic rings. The molecule has 26 heavy (non-hydrogen) atoms. The maximum atomic E-state index is 12.6. The highest BCUT2D eigenvalue weighted by Gasteiger charge is 2.18. The number of amides is 2. The first-order valence-corrected chi connectivity index (χ1v) is 9.48. The van der Waals surface area contributed by atoms with Crippen LogP contribution in [0, 0.1) is 0 Å². The monoisotopic (exact) mass is 363 g/mol. The first-order valence-electron chi connectivity index (χ1n) is 9.48. The molecule has 0 bridgehead atoms. The van der Waals surface area contributed by atoms with Gasteiger partial charge in [-0.2, -0.15) is 0 Å². The molecule has 0 saturated heterocycles. The Labute approximate surface area is 157 Å². The molecule has 6 heteroatoms. The summed E-state index contributed by atoms with van der Waals surface area (Å²) in [5.74, 6) is 0.566. The minimum Gasteiger partial charge on any atom is -0.495 e. The van der Waals surface area contributed by atoms with Gasteiger partial charge in [0.1, 0.15) is 5.75 Å². The van der Waals surface area contributed by atoms with Crippen LogP contribution in [0.2, 0.25) is 0 Å². The maximum absolute atomic E-state index is 12.6. The minimum atomic E-state index is -0.145. The maximum Gasteiger partial charge on any atom is 0.238 e. The quantitative estimate of drug-likeness (QED) is 0.620. The summed E-state index contributed by atoms with van der Waals surface area (Å²) < 4.78 is 5.26. The Balaban J connectivity index is 2.68. The predicted molar refractivity (Wildman–Crippen MR) is 106 cm³/mol. The predicted octanol–water partition coefficient (Wildman–Crippen LogP) is 2.99. The second-order valence-electron chi connectivity index (χ2n) is 6.34. The smallest absolute Gasteiger partial charge is 0.238 e. The second kappa shape index (κ2) is 12.3. The molecule has 1 rings (SSSR count). The van der Waals surface area contributed by atoms with Crippen LogP contribution < -0.4 is 10.1 Å². The Morgan fingerprint density at radius 1 is 0.962 bits per heavy atom. The molecule has 0 saturated carbocycles. The second-order valence-corrected chi connectivity index (χ2v) is 6.34. The van der Waals surface area contributed by atoms with Crippen molar-refractivity contribution in [1.29, 1.82) is 0 Å². The molecule has 1 N–H and O–H groups in total. The largest absolute Gasteiger partial charge is 0.495 e. The number of anilines is 1. The van der Waals surface area contributed by atoms with E-state index < -0.39 is 0 Å². The Morgan fingerprint density at radius 3 is 2.15 bits per heavy atom. The molecular formula is C20H33N3O3. The number of ether oxygens (including phenoxy) is 1. The van der Waals surface area contributed by atoms with E-state index in [1.54, 1.807) is 19.2 Å². The van der Waals surface area contributed by atoms with Crippen molar-refractivity contribution in [2.24, 2.45) is 0 Å². The lowest BCUT2D eigenvalue weighted by Crippen LogP contribution is -2.44. The zero-order chi connectivity index (χ0) is 19.4. The average Bonchev–Trinajstić information content (AvgIpc) is 2.62. The van der Waals surface area contributed by atoms with Crippen molar-refractivity contribution in [3.05, 3.63) is 24.3 Å². The molecule has 2 amide bonds. The van der Waals surface area contributed by atoms with Crippen LogP contribution in [-0.2, 0) is 9.59 Å². The number of carbonyl (C=O) groups is 2. The van der Waals surface area contributed by atoms with Crippen molar-refractivity contribution >= 4 is 17.5 Å². The summed E-state index contributed by atoms with van der Waals surface area (Å²) in [6.45, 7) is 8.88. The number of hydrogen-bond acceptors (Lipinski definition) is 4. The first kappa shape index (κ1) is 22.0. The fourth-order valence-corrected chi connectivity index (χ4v) is 2.86. The van der Waals surface area contributed by atoms with E-state index in [4.69, 9.17) is 4.74 Å². The van der Waals surface area contributed by atoms with E-state index in [9.17, 15) is 9.59 Å². The molecule has 146 valence electrons. The van der Waals surface area contributed by atoms with Crippen LogP contribution in [-0.4, -0.2) is 61.4 Å². The third kappa shape index (κ3) is 7.44. The summed E-state index contributed by atoms with van der Waals surface area (Å²) in [6.07, 6.45) is 2.76. The van der Waals surface area contributed by atoms with Crippen molar-refractivity contribution in [2.45, 2.75) is 40.0 Å². The summed E-state index contributed by atoms with van der Waals surface area (Å²) in [7, 11) is 1.57. The van der Waals surface area contributed by atoms with Gasteiger partial charge in [-0.15, -0.1) is 0 Å². The van der Waals surface area contributed by atoms with Crippen molar-refractivity contribution in [3.8, 4) is 5.75 Å². The summed E-state index contributed by atoms with van der Waals surface area (Å²) in [5.41, 5.74) is 0.640. The topological polar surface area (TPSA) is 61.9 Å². The van der Waals surface area contributed by atoms with Crippen LogP contribution in [0.4, 0.5) is 5.69 Å². The van der Waals surface area contributed by atoms with Crippen molar-refractivity contribution in [3.63, 3.8) is 0 Å². The molecule has 1 aromatic carbocycles. The van der Waals surface area contributed by atoms with Crippen LogP contribution >= 0.6 is 0 Å². The minimum absolute atomic E-state index is 0.0900. The van der Waals surface area contributed by atoms with Gasteiger partial charge in [-0.3, -0.25) is 14.5 Å². The van der Waals surface area contributed by atoms with E-state index in [-0.39, 0.29) is 24.9 Å². The third-order valence-electron chi connectivity index (χ3n) is 3.99. The van der Waals surface area contributed by atoms with Gasteiger partial charge < -0.3 is 15.0 Å². The van der Waals surface area contributed by atoms with E-state index in [2.05, 4.69) is 19.2 Å². The van der Waals surface area contributed by atoms with Gasteiger partial charge in [0.05, 0.1) is 25.9 Å². The molecule has 0 spiro atoms. The number of hydrogen-bond donors (Lipinski definition) is 1. The van der Waals surface area contributed by atoms with Gasteiger partial charge in [-0.1, -0.05) is 32.9 Å². The fourth-order valence-electron chi connectivity index (χ4n) is 2.86. The number of nitrogens with one attached hydrogen (secondary N) is 1. The number of para-hydroxylation sites is 2. The van der Waals surface area contributed by atoms with Gasteiger partial charge in [-0.25, -0.2) is 0 Å².